The summed E-state index contributed by atoms with van der Waals surface area (Å²) in [5.74, 6) is 0. The Labute approximate surface area is 169 Å². The number of thiophene rings is 1. The number of fused-ring (bicyclic) bond motifs is 1. The molecule has 0 saturated heterocycles. The van der Waals surface area contributed by atoms with Crippen LogP contribution in [0.25, 0.3) is 28.5 Å². The molecule has 2 aromatic carbocycles. The van der Waals surface area contributed by atoms with E-state index in [-0.39, 0.29) is 10.6 Å². The van der Waals surface area contributed by atoms with E-state index in [0.717, 1.165) is 43.6 Å². The third kappa shape index (κ3) is 3.43. The highest BCUT2D eigenvalue weighted by atomic mass is 32.1. The molecule has 0 N–H and O–H groups in total. The molecule has 3 aromatic rings. The molecule has 0 aliphatic rings. The zero-order chi connectivity index (χ0) is 20.3. The van der Waals surface area contributed by atoms with Gasteiger partial charge in [0, 0.05) is 21.4 Å². The molecule has 142 valence electrons. The van der Waals surface area contributed by atoms with Crippen LogP contribution in [-0.2, 0) is 0 Å². The monoisotopic (exact) mass is 389 g/mol. The van der Waals surface area contributed by atoms with Gasteiger partial charge in [0.25, 0.3) is 5.69 Å². The van der Waals surface area contributed by atoms with E-state index in [9.17, 15) is 10.1 Å². The van der Waals surface area contributed by atoms with Gasteiger partial charge < -0.3 is 0 Å². The van der Waals surface area contributed by atoms with Crippen LogP contribution >= 0.6 is 11.3 Å². The Kier molecular flexibility index (Phi) is 5.90. The maximum absolute atomic E-state index is 11.9. The molecule has 4 heteroatoms. The first-order valence-corrected chi connectivity index (χ1v) is 10.1. The quantitative estimate of drug-likeness (QED) is 0.321. The van der Waals surface area contributed by atoms with E-state index < -0.39 is 0 Å². The van der Waals surface area contributed by atoms with Crippen LogP contribution in [0.2, 0.25) is 0 Å². The first-order valence-electron chi connectivity index (χ1n) is 9.29. The van der Waals surface area contributed by atoms with Crippen LogP contribution in [0.5, 0.6) is 0 Å². The zero-order valence-electron chi connectivity index (χ0n) is 16.4. The summed E-state index contributed by atoms with van der Waals surface area (Å²) < 4.78 is 0. The molecule has 0 saturated carbocycles. The molecule has 3 rings (SSSR count). The van der Waals surface area contributed by atoms with Gasteiger partial charge in [-0.25, -0.2) is 0 Å². The fourth-order valence-electron chi connectivity index (χ4n) is 3.54. The average Bonchev–Trinajstić information content (AvgIpc) is 3.00. The fourth-order valence-corrected chi connectivity index (χ4v) is 4.87. The Morgan fingerprint density at radius 3 is 2.64 bits per heavy atom. The summed E-state index contributed by atoms with van der Waals surface area (Å²) in [6.45, 7) is 10.1. The lowest BCUT2D eigenvalue weighted by molar-refractivity contribution is -0.385. The van der Waals surface area contributed by atoms with Crippen molar-refractivity contribution in [1.82, 2.24) is 0 Å². The predicted molar refractivity (Wildman–Crippen MR) is 122 cm³/mol. The molecule has 3 nitrogen and oxygen atoms in total. The summed E-state index contributed by atoms with van der Waals surface area (Å²) in [4.78, 5) is 13.8. The van der Waals surface area contributed by atoms with Crippen LogP contribution in [0.3, 0.4) is 0 Å². The number of nitro benzene ring substituents is 1. The van der Waals surface area contributed by atoms with Crippen molar-refractivity contribution >= 4 is 45.5 Å². The predicted octanol–water partition coefficient (Wildman–Crippen LogP) is 7.64. The van der Waals surface area contributed by atoms with Crippen LogP contribution in [0.4, 0.5) is 5.69 Å². The molecule has 0 amide bonds. The summed E-state index contributed by atoms with van der Waals surface area (Å²) in [5.41, 5.74) is 3.95. The van der Waals surface area contributed by atoms with E-state index in [1.165, 1.54) is 0 Å². The highest BCUT2D eigenvalue weighted by Gasteiger charge is 2.24. The molecule has 0 unspecified atom stereocenters. The first-order chi connectivity index (χ1) is 13.5. The van der Waals surface area contributed by atoms with Crippen molar-refractivity contribution in [2.24, 2.45) is 0 Å². The molecule has 0 atom stereocenters. The Morgan fingerprint density at radius 2 is 2.00 bits per heavy atom. The third-order valence-corrected chi connectivity index (χ3v) is 6.08. The first kappa shape index (κ1) is 19.8. The Bertz CT molecular complexity index is 1120. The maximum atomic E-state index is 11.9. The minimum atomic E-state index is -0.282. The highest BCUT2D eigenvalue weighted by molar-refractivity contribution is 7.14. The summed E-state index contributed by atoms with van der Waals surface area (Å²) in [6, 6.07) is 11.3. The van der Waals surface area contributed by atoms with Gasteiger partial charge in [-0.1, -0.05) is 56.0 Å². The van der Waals surface area contributed by atoms with Gasteiger partial charge in [-0.15, -0.1) is 11.3 Å². The molecule has 0 spiro atoms. The second-order valence-electron chi connectivity index (χ2n) is 6.50. The van der Waals surface area contributed by atoms with Crippen molar-refractivity contribution in [2.75, 3.05) is 0 Å². The van der Waals surface area contributed by atoms with Crippen LogP contribution in [0.1, 0.15) is 46.7 Å². The van der Waals surface area contributed by atoms with E-state index in [1.54, 1.807) is 17.4 Å². The van der Waals surface area contributed by atoms with Gasteiger partial charge in [-0.2, -0.15) is 0 Å². The van der Waals surface area contributed by atoms with Gasteiger partial charge in [-0.3, -0.25) is 10.1 Å². The number of benzene rings is 2. The number of hydrogen-bond acceptors (Lipinski definition) is 3. The molecular formula is C24H23NO2S. The number of hydrogen-bond donors (Lipinski definition) is 0. The van der Waals surface area contributed by atoms with Gasteiger partial charge >= 0.3 is 0 Å². The third-order valence-electron chi connectivity index (χ3n) is 4.77. The maximum Gasteiger partial charge on any atom is 0.277 e. The van der Waals surface area contributed by atoms with Crippen molar-refractivity contribution in [1.29, 1.82) is 0 Å². The molecule has 0 radical (unpaired) electrons. The lowest BCUT2D eigenvalue weighted by Gasteiger charge is -2.12. The second-order valence-corrected chi connectivity index (χ2v) is 7.55. The van der Waals surface area contributed by atoms with Gasteiger partial charge in [-0.05, 0) is 54.3 Å². The highest BCUT2D eigenvalue weighted by Crippen LogP contribution is 2.43. The van der Waals surface area contributed by atoms with Crippen LogP contribution in [0.15, 0.2) is 55.1 Å². The second kappa shape index (κ2) is 8.36. The van der Waals surface area contributed by atoms with Gasteiger partial charge in [0.15, 0.2) is 0 Å². The van der Waals surface area contributed by atoms with Gasteiger partial charge in [0.05, 0.1) is 10.5 Å². The van der Waals surface area contributed by atoms with E-state index in [2.05, 4.69) is 32.6 Å². The van der Waals surface area contributed by atoms with E-state index >= 15 is 0 Å². The fraction of sp³-hybridized carbons (Fsp3) is 0.167. The summed E-state index contributed by atoms with van der Waals surface area (Å²) in [7, 11) is 0. The van der Waals surface area contributed by atoms with Crippen LogP contribution in [-0.4, -0.2) is 4.92 Å². The van der Waals surface area contributed by atoms with Crippen molar-refractivity contribution in [3.8, 4) is 0 Å². The minimum absolute atomic E-state index is 0.138. The Hall–Kier alpha value is -2.98. The normalized spacial score (nSPS) is 12.0. The number of nitrogens with zero attached hydrogens (tertiary/aromatic N) is 1. The van der Waals surface area contributed by atoms with Gasteiger partial charge in [0.1, 0.15) is 0 Å². The lowest BCUT2D eigenvalue weighted by Crippen LogP contribution is -1.98. The molecule has 0 aliphatic carbocycles. The summed E-state index contributed by atoms with van der Waals surface area (Å²) >= 11 is 1.66. The standard InChI is InChI=1S/C24H23NO2S/c1-5-10-20(24-16(4)18(7-3)22(28-24)11-6-2)23-19-13-9-8-12-17(19)14-15-21(23)25(26)27/h6-15H,3,5H2,1-2,4H3/b11-6?,20-10-. The number of rotatable bonds is 6. The van der Waals surface area contributed by atoms with Crippen molar-refractivity contribution < 1.29 is 4.92 Å². The summed E-state index contributed by atoms with van der Waals surface area (Å²) in [6.07, 6.45) is 8.83. The average molecular weight is 390 g/mol. The minimum Gasteiger partial charge on any atom is -0.258 e. The molecule has 0 aliphatic heterocycles. The topological polar surface area (TPSA) is 43.1 Å². The summed E-state index contributed by atoms with van der Waals surface area (Å²) in [5, 5.41) is 13.8. The van der Waals surface area contributed by atoms with Crippen LogP contribution < -0.4 is 0 Å². The number of nitro groups is 1. The van der Waals surface area contributed by atoms with Crippen molar-refractivity contribution in [2.45, 2.75) is 27.2 Å². The molecule has 28 heavy (non-hydrogen) atoms. The molecule has 0 fully saturated rings. The van der Waals surface area contributed by atoms with Crippen molar-refractivity contribution in [3.63, 3.8) is 0 Å². The SMILES string of the molecule is C=Cc1c(C=CC)sc(/C(=C\CC)c2c([N+](=O)[O-])ccc3ccccc23)c1C. The lowest BCUT2D eigenvalue weighted by atomic mass is 9.92. The molecule has 1 aromatic heterocycles. The van der Waals surface area contributed by atoms with Crippen molar-refractivity contribution in [3.05, 3.63) is 91.7 Å². The zero-order valence-corrected chi connectivity index (χ0v) is 17.2. The van der Waals surface area contributed by atoms with E-state index in [0.29, 0.717) is 5.56 Å². The Balaban J connectivity index is 2.40. The van der Waals surface area contributed by atoms with E-state index in [1.807, 2.05) is 49.4 Å². The molecule has 1 heterocycles. The smallest absolute Gasteiger partial charge is 0.258 e. The van der Waals surface area contributed by atoms with Crippen LogP contribution in [0, 0.1) is 17.0 Å². The molecule has 0 bridgehead atoms. The molecular weight excluding hydrogens is 366 g/mol. The van der Waals surface area contributed by atoms with E-state index in [4.69, 9.17) is 0 Å². The Morgan fingerprint density at radius 1 is 1.25 bits per heavy atom. The number of allylic oxidation sites excluding steroid dienone is 2. The largest absolute Gasteiger partial charge is 0.277 e. The van der Waals surface area contributed by atoms with Gasteiger partial charge in [0.2, 0.25) is 0 Å².